The standard InChI is InChI=1S/C49H49N6O8P/c1-48(2,3)47(57)63-38-26-24-33(25-27-38)30-61-46-42-45(52-44(53-46)41(43(50)56)34-16-8-4-9-17-34)55(32-51-42)40-29-54(28-39(62-40)31-64(58,59)60)49(35-18-10-5-11-19-35,36-20-12-6-13-21-36)37-22-14-7-15-23-37/h4-27,32,39-41H,28-31H2,1-3H3,(H2,50,56)(H2,58,59,60)/t39-,40+,41?/m0/s1. The van der Waals surface area contributed by atoms with Crippen LogP contribution >= 0.6 is 7.60 Å². The molecule has 0 spiro atoms. The van der Waals surface area contributed by atoms with Crippen molar-refractivity contribution in [2.75, 3.05) is 19.3 Å². The van der Waals surface area contributed by atoms with Crippen LogP contribution in [0.5, 0.6) is 11.6 Å². The maximum Gasteiger partial charge on any atom is 0.328 e. The molecule has 1 fully saturated rings. The van der Waals surface area contributed by atoms with Crippen LogP contribution in [-0.2, 0) is 31.0 Å². The number of fused-ring (bicyclic) bond motifs is 1. The molecule has 14 nitrogen and oxygen atoms in total. The number of rotatable bonds is 14. The predicted molar refractivity (Wildman–Crippen MR) is 240 cm³/mol. The molecule has 64 heavy (non-hydrogen) atoms. The van der Waals surface area contributed by atoms with Crippen molar-refractivity contribution >= 4 is 30.6 Å². The van der Waals surface area contributed by atoms with Crippen molar-refractivity contribution in [3.8, 4) is 11.6 Å². The third-order valence-electron chi connectivity index (χ3n) is 11.2. The zero-order valence-corrected chi connectivity index (χ0v) is 36.5. The van der Waals surface area contributed by atoms with Crippen LogP contribution in [0.15, 0.2) is 152 Å². The first kappa shape index (κ1) is 44.1. The molecule has 1 unspecified atom stereocenters. The zero-order chi connectivity index (χ0) is 45.1. The molecule has 0 radical (unpaired) electrons. The monoisotopic (exact) mass is 880 g/mol. The van der Waals surface area contributed by atoms with Gasteiger partial charge in [-0.15, -0.1) is 0 Å². The number of esters is 1. The molecule has 5 aromatic carbocycles. The van der Waals surface area contributed by atoms with Crippen LogP contribution in [0.1, 0.15) is 66.6 Å². The number of aromatic nitrogens is 4. The summed E-state index contributed by atoms with van der Waals surface area (Å²) in [4.78, 5) is 63.3. The van der Waals surface area contributed by atoms with Crippen molar-refractivity contribution in [3.63, 3.8) is 0 Å². The fraction of sp³-hybridized carbons (Fsp3) is 0.245. The molecule has 4 N–H and O–H groups in total. The molecule has 15 heteroatoms. The molecule has 7 aromatic rings. The van der Waals surface area contributed by atoms with Crippen molar-refractivity contribution in [1.29, 1.82) is 0 Å². The molecule has 8 rings (SSSR count). The fourth-order valence-corrected chi connectivity index (χ4v) is 8.93. The summed E-state index contributed by atoms with van der Waals surface area (Å²) in [5.74, 6) is -1.63. The number of hydrogen-bond acceptors (Lipinski definition) is 10. The van der Waals surface area contributed by atoms with Crippen molar-refractivity contribution in [2.24, 2.45) is 11.1 Å². The summed E-state index contributed by atoms with van der Waals surface area (Å²) in [6.45, 7) is 5.70. The van der Waals surface area contributed by atoms with Crippen LogP contribution in [0.25, 0.3) is 11.2 Å². The highest BCUT2D eigenvalue weighted by molar-refractivity contribution is 7.51. The molecular weight excluding hydrogens is 832 g/mol. The number of ether oxygens (including phenoxy) is 3. The Kier molecular flexibility index (Phi) is 12.6. The molecule has 0 aliphatic carbocycles. The average Bonchev–Trinajstić information content (AvgIpc) is 3.71. The Morgan fingerprint density at radius 3 is 1.86 bits per heavy atom. The lowest BCUT2D eigenvalue weighted by molar-refractivity contribution is -0.143. The van der Waals surface area contributed by atoms with E-state index in [0.717, 1.165) is 22.3 Å². The molecule has 1 amide bonds. The zero-order valence-electron chi connectivity index (χ0n) is 35.6. The van der Waals surface area contributed by atoms with Gasteiger partial charge in [-0.05, 0) is 60.7 Å². The molecule has 3 atom stereocenters. The Morgan fingerprint density at radius 1 is 0.797 bits per heavy atom. The van der Waals surface area contributed by atoms with Crippen molar-refractivity contribution in [1.82, 2.24) is 24.4 Å². The molecule has 3 heterocycles. The van der Waals surface area contributed by atoms with Gasteiger partial charge in [0.25, 0.3) is 0 Å². The lowest BCUT2D eigenvalue weighted by Crippen LogP contribution is -2.57. The van der Waals surface area contributed by atoms with E-state index in [1.807, 2.05) is 60.7 Å². The minimum absolute atomic E-state index is 0.0182. The summed E-state index contributed by atoms with van der Waals surface area (Å²) in [5.41, 5.74) is 9.03. The molecule has 1 aliphatic rings. The summed E-state index contributed by atoms with van der Waals surface area (Å²) in [5, 5.41) is 0. The highest BCUT2D eigenvalue weighted by atomic mass is 31.2. The summed E-state index contributed by atoms with van der Waals surface area (Å²) in [6.07, 6.45) is -0.901. The van der Waals surface area contributed by atoms with Gasteiger partial charge in [0.1, 0.15) is 24.5 Å². The summed E-state index contributed by atoms with van der Waals surface area (Å²) in [7, 11) is -4.61. The number of amides is 1. The van der Waals surface area contributed by atoms with Gasteiger partial charge >= 0.3 is 13.6 Å². The van der Waals surface area contributed by atoms with Crippen LogP contribution in [-0.4, -0.2) is 71.4 Å². The van der Waals surface area contributed by atoms with Crippen molar-refractivity contribution < 1.29 is 38.2 Å². The number of nitrogens with two attached hydrogens (primary N) is 1. The second-order valence-electron chi connectivity index (χ2n) is 16.8. The quantitative estimate of drug-likeness (QED) is 0.0427. The van der Waals surface area contributed by atoms with Gasteiger partial charge in [0.15, 0.2) is 17.0 Å². The first-order chi connectivity index (χ1) is 30.7. The first-order valence-electron chi connectivity index (χ1n) is 20.8. The van der Waals surface area contributed by atoms with Crippen LogP contribution in [0.4, 0.5) is 0 Å². The number of imidazole rings is 1. The number of primary amides is 1. The van der Waals surface area contributed by atoms with Gasteiger partial charge in [-0.3, -0.25) is 23.6 Å². The lowest BCUT2D eigenvalue weighted by Gasteiger charge is -2.50. The van der Waals surface area contributed by atoms with E-state index in [1.54, 1.807) is 73.9 Å². The van der Waals surface area contributed by atoms with Crippen LogP contribution in [0.3, 0.4) is 0 Å². The number of hydrogen-bond donors (Lipinski definition) is 3. The van der Waals surface area contributed by atoms with E-state index < -0.39 is 48.9 Å². The van der Waals surface area contributed by atoms with Crippen LogP contribution in [0, 0.1) is 5.41 Å². The number of benzene rings is 5. The van der Waals surface area contributed by atoms with Crippen molar-refractivity contribution in [3.05, 3.63) is 186 Å². The summed E-state index contributed by atoms with van der Waals surface area (Å²) in [6, 6.07) is 45.8. The number of nitrogens with zero attached hydrogens (tertiary/aromatic N) is 5. The van der Waals surface area contributed by atoms with Gasteiger partial charge in [-0.2, -0.15) is 4.98 Å². The number of carbonyl (C=O) groups excluding carboxylic acids is 2. The van der Waals surface area contributed by atoms with E-state index in [0.29, 0.717) is 11.3 Å². The minimum atomic E-state index is -4.61. The second kappa shape index (κ2) is 18.3. The highest BCUT2D eigenvalue weighted by Crippen LogP contribution is 2.47. The van der Waals surface area contributed by atoms with Crippen LogP contribution < -0.4 is 15.2 Å². The molecule has 328 valence electrons. The Bertz CT molecular complexity index is 2670. The normalized spacial score (nSPS) is 16.6. The molecule has 0 bridgehead atoms. The SMILES string of the molecule is CC(C)(C)C(=O)Oc1ccc(COc2nc(C(C(N)=O)c3ccccc3)nc3c2ncn3[C@H]2CN(C(c3ccccc3)(c3ccccc3)c3ccccc3)C[C@@H](CP(=O)(O)O)O2)cc1. The van der Waals surface area contributed by atoms with Gasteiger partial charge < -0.3 is 29.7 Å². The first-order valence-corrected chi connectivity index (χ1v) is 22.6. The maximum absolute atomic E-state index is 13.3. The maximum atomic E-state index is 13.3. The van der Waals surface area contributed by atoms with Gasteiger partial charge in [0.2, 0.25) is 11.8 Å². The Balaban J connectivity index is 1.25. The van der Waals surface area contributed by atoms with E-state index in [-0.39, 0.29) is 48.5 Å². The van der Waals surface area contributed by atoms with Gasteiger partial charge in [-0.25, -0.2) is 9.97 Å². The number of morpholine rings is 1. The topological polar surface area (TPSA) is 192 Å². The van der Waals surface area contributed by atoms with E-state index >= 15 is 0 Å². The highest BCUT2D eigenvalue weighted by Gasteiger charge is 2.47. The largest absolute Gasteiger partial charge is 0.471 e. The molecule has 1 saturated heterocycles. The molecule has 0 saturated carbocycles. The van der Waals surface area contributed by atoms with E-state index in [4.69, 9.17) is 34.9 Å². The second-order valence-corrected chi connectivity index (χ2v) is 18.5. The Morgan fingerprint density at radius 2 is 1.34 bits per heavy atom. The van der Waals surface area contributed by atoms with Crippen LogP contribution in [0.2, 0.25) is 0 Å². The smallest absolute Gasteiger partial charge is 0.328 e. The summed E-state index contributed by atoms with van der Waals surface area (Å²) < 4.78 is 33.1. The molecule has 2 aromatic heterocycles. The Hall–Kier alpha value is -6.54. The fourth-order valence-electron chi connectivity index (χ4n) is 8.20. The van der Waals surface area contributed by atoms with E-state index in [9.17, 15) is 23.9 Å². The number of carbonyl (C=O) groups is 2. The van der Waals surface area contributed by atoms with Gasteiger partial charge in [-0.1, -0.05) is 133 Å². The van der Waals surface area contributed by atoms with E-state index in [1.165, 1.54) is 6.33 Å². The van der Waals surface area contributed by atoms with Gasteiger partial charge in [0.05, 0.1) is 29.5 Å². The lowest BCUT2D eigenvalue weighted by atomic mass is 9.75. The van der Waals surface area contributed by atoms with E-state index in [2.05, 4.69) is 41.3 Å². The molecule has 1 aliphatic heterocycles. The minimum Gasteiger partial charge on any atom is -0.471 e. The van der Waals surface area contributed by atoms with Gasteiger partial charge in [0, 0.05) is 13.1 Å². The Labute approximate surface area is 370 Å². The summed E-state index contributed by atoms with van der Waals surface area (Å²) >= 11 is 0. The predicted octanol–water partition coefficient (Wildman–Crippen LogP) is 7.34. The third kappa shape index (κ3) is 9.37. The third-order valence-corrected chi connectivity index (χ3v) is 12.0. The molecular formula is C49H49N6O8P. The average molecular weight is 881 g/mol. The van der Waals surface area contributed by atoms with Crippen molar-refractivity contribution in [2.45, 2.75) is 51.2 Å².